The van der Waals surface area contributed by atoms with Crippen LogP contribution in [0.3, 0.4) is 0 Å². The smallest absolute Gasteiger partial charge is 0.0798 e. The first-order valence-corrected chi connectivity index (χ1v) is 6.51. The van der Waals surface area contributed by atoms with E-state index in [0.29, 0.717) is 0 Å². The van der Waals surface area contributed by atoms with Gasteiger partial charge in [0.25, 0.3) is 0 Å². The molecule has 0 amide bonds. The molecule has 0 aliphatic carbocycles. The van der Waals surface area contributed by atoms with E-state index in [4.69, 9.17) is 5.73 Å². The summed E-state index contributed by atoms with van der Waals surface area (Å²) in [4.78, 5) is 7.87. The Labute approximate surface area is 103 Å². The Morgan fingerprint density at radius 1 is 1.50 bits per heavy atom. The minimum atomic E-state index is 0.164. The Morgan fingerprint density at radius 3 is 2.56 bits per heavy atom. The first-order valence-electron chi connectivity index (χ1n) is 5.64. The molecule has 2 N–H and O–H groups in total. The molecule has 1 aromatic heterocycles. The van der Waals surface area contributed by atoms with E-state index in [1.54, 1.807) is 11.3 Å². The molecule has 1 rings (SSSR count). The molecule has 0 bridgehead atoms. The van der Waals surface area contributed by atoms with Crippen LogP contribution >= 0.6 is 11.3 Å². The number of aryl methyl sites for hydroxylation is 1. The number of likely N-dealkylation sites (N-methyl/N-ethyl adjacent to an activating group) is 1. The monoisotopic (exact) mass is 241 g/mol. The molecule has 1 atom stereocenters. The lowest BCUT2D eigenvalue weighted by Crippen LogP contribution is -2.43. The van der Waals surface area contributed by atoms with Crippen molar-refractivity contribution in [3.8, 4) is 0 Å². The van der Waals surface area contributed by atoms with Crippen molar-refractivity contribution in [2.75, 3.05) is 13.6 Å². The molecule has 0 aromatic carbocycles. The van der Waals surface area contributed by atoms with Crippen molar-refractivity contribution in [3.05, 3.63) is 16.1 Å². The highest BCUT2D eigenvalue weighted by Gasteiger charge is 2.22. The molecule has 0 radical (unpaired) electrons. The zero-order valence-corrected chi connectivity index (χ0v) is 11.8. The van der Waals surface area contributed by atoms with E-state index in [2.05, 4.69) is 44.6 Å². The maximum Gasteiger partial charge on any atom is 0.0798 e. The number of nitrogens with two attached hydrogens (primary N) is 1. The highest BCUT2D eigenvalue weighted by molar-refractivity contribution is 7.09. The zero-order chi connectivity index (χ0) is 12.3. The van der Waals surface area contributed by atoms with Crippen LogP contribution < -0.4 is 5.73 Å². The number of nitrogens with zero attached hydrogens (tertiary/aromatic N) is 2. The Kier molecular flexibility index (Phi) is 4.47. The molecule has 1 aromatic rings. The quantitative estimate of drug-likeness (QED) is 0.879. The fourth-order valence-corrected chi connectivity index (χ4v) is 2.25. The molecule has 0 fully saturated rings. The molecular formula is C12H23N3S. The predicted octanol–water partition coefficient (Wildman–Crippen LogP) is 2.26. The summed E-state index contributed by atoms with van der Waals surface area (Å²) in [5, 5.41) is 0. The van der Waals surface area contributed by atoms with Crippen molar-refractivity contribution in [2.24, 2.45) is 11.1 Å². The molecule has 0 aliphatic rings. The number of hydrogen-bond donors (Lipinski definition) is 1. The average Bonchev–Trinajstić information content (AvgIpc) is 2.50. The van der Waals surface area contributed by atoms with Gasteiger partial charge in [-0.05, 0) is 19.4 Å². The van der Waals surface area contributed by atoms with Crippen molar-refractivity contribution >= 4 is 11.3 Å². The fraction of sp³-hybridized carbons (Fsp3) is 0.750. The van der Waals surface area contributed by atoms with E-state index < -0.39 is 0 Å². The second-order valence-corrected chi connectivity index (χ2v) is 6.47. The predicted molar refractivity (Wildman–Crippen MR) is 70.6 cm³/mol. The van der Waals surface area contributed by atoms with Crippen LogP contribution in [0.1, 0.15) is 31.3 Å². The van der Waals surface area contributed by atoms with Gasteiger partial charge in [0.15, 0.2) is 0 Å². The Bertz CT molecular complexity index is 327. The number of hydrogen-bond acceptors (Lipinski definition) is 4. The van der Waals surface area contributed by atoms with Gasteiger partial charge in [0.2, 0.25) is 0 Å². The molecule has 0 saturated heterocycles. The average molecular weight is 241 g/mol. The SMILES string of the molecule is Cc1ncsc1CN(C)CC(N)C(C)(C)C. The third-order valence-corrected chi connectivity index (χ3v) is 3.80. The third-order valence-electron chi connectivity index (χ3n) is 2.88. The largest absolute Gasteiger partial charge is 0.326 e. The first kappa shape index (κ1) is 13.6. The van der Waals surface area contributed by atoms with Gasteiger partial charge in [0.1, 0.15) is 0 Å². The summed E-state index contributed by atoms with van der Waals surface area (Å²) in [6, 6.07) is 0.200. The minimum absolute atomic E-state index is 0.164. The van der Waals surface area contributed by atoms with E-state index in [1.165, 1.54) is 4.88 Å². The zero-order valence-electron chi connectivity index (χ0n) is 10.9. The maximum absolute atomic E-state index is 6.16. The first-order chi connectivity index (χ1) is 7.30. The molecule has 92 valence electrons. The van der Waals surface area contributed by atoms with E-state index in [9.17, 15) is 0 Å². The van der Waals surface area contributed by atoms with Gasteiger partial charge >= 0.3 is 0 Å². The molecule has 1 unspecified atom stereocenters. The van der Waals surface area contributed by atoms with E-state index >= 15 is 0 Å². The van der Waals surface area contributed by atoms with Crippen molar-refractivity contribution in [2.45, 2.75) is 40.3 Å². The van der Waals surface area contributed by atoms with Crippen LogP contribution in [0.4, 0.5) is 0 Å². The van der Waals surface area contributed by atoms with Crippen LogP contribution in [0.15, 0.2) is 5.51 Å². The molecule has 0 spiro atoms. The highest BCUT2D eigenvalue weighted by atomic mass is 32.1. The van der Waals surface area contributed by atoms with Crippen molar-refractivity contribution < 1.29 is 0 Å². The lowest BCUT2D eigenvalue weighted by Gasteiger charge is -2.30. The summed E-state index contributed by atoms with van der Waals surface area (Å²) >= 11 is 1.72. The molecule has 3 nitrogen and oxygen atoms in total. The van der Waals surface area contributed by atoms with Gasteiger partial charge in [-0.15, -0.1) is 11.3 Å². The molecule has 0 aliphatic heterocycles. The summed E-state index contributed by atoms with van der Waals surface area (Å²) < 4.78 is 0. The van der Waals surface area contributed by atoms with Crippen LogP contribution in [0, 0.1) is 12.3 Å². The van der Waals surface area contributed by atoms with E-state index in [-0.39, 0.29) is 11.5 Å². The Balaban J connectivity index is 2.48. The normalized spacial score (nSPS) is 14.4. The standard InChI is InChI=1S/C12H23N3S/c1-9-10(16-8-14-9)6-15(5)7-11(13)12(2,3)4/h8,11H,6-7,13H2,1-5H3. The third kappa shape index (κ3) is 3.85. The second kappa shape index (κ2) is 5.25. The summed E-state index contributed by atoms with van der Waals surface area (Å²) in [7, 11) is 2.12. The molecule has 0 saturated carbocycles. The topological polar surface area (TPSA) is 42.2 Å². The van der Waals surface area contributed by atoms with Gasteiger partial charge in [0, 0.05) is 24.0 Å². The number of thiazole rings is 1. The van der Waals surface area contributed by atoms with Gasteiger partial charge in [-0.2, -0.15) is 0 Å². The lowest BCUT2D eigenvalue weighted by molar-refractivity contribution is 0.223. The molecular weight excluding hydrogens is 218 g/mol. The summed E-state index contributed by atoms with van der Waals surface area (Å²) in [5.41, 5.74) is 9.37. The maximum atomic E-state index is 6.16. The van der Waals surface area contributed by atoms with Crippen LogP contribution in [-0.2, 0) is 6.54 Å². The van der Waals surface area contributed by atoms with Crippen LogP contribution in [-0.4, -0.2) is 29.5 Å². The van der Waals surface area contributed by atoms with Crippen LogP contribution in [0.25, 0.3) is 0 Å². The van der Waals surface area contributed by atoms with Gasteiger partial charge in [-0.25, -0.2) is 4.98 Å². The van der Waals surface area contributed by atoms with Crippen LogP contribution in [0.5, 0.6) is 0 Å². The number of rotatable bonds is 4. The second-order valence-electron chi connectivity index (χ2n) is 5.53. The van der Waals surface area contributed by atoms with Crippen molar-refractivity contribution in [1.29, 1.82) is 0 Å². The molecule has 4 heteroatoms. The summed E-state index contributed by atoms with van der Waals surface area (Å²) in [6.45, 7) is 10.5. The van der Waals surface area contributed by atoms with Crippen LogP contribution in [0.2, 0.25) is 0 Å². The fourth-order valence-electron chi connectivity index (χ4n) is 1.40. The van der Waals surface area contributed by atoms with Crippen molar-refractivity contribution in [1.82, 2.24) is 9.88 Å². The molecule has 1 heterocycles. The highest BCUT2D eigenvalue weighted by Crippen LogP contribution is 2.19. The van der Waals surface area contributed by atoms with E-state index in [1.807, 2.05) is 5.51 Å². The van der Waals surface area contributed by atoms with E-state index in [0.717, 1.165) is 18.8 Å². The van der Waals surface area contributed by atoms with Gasteiger partial charge in [0.05, 0.1) is 11.2 Å². The van der Waals surface area contributed by atoms with Gasteiger partial charge in [-0.1, -0.05) is 20.8 Å². The van der Waals surface area contributed by atoms with Gasteiger partial charge in [-0.3, -0.25) is 4.90 Å². The van der Waals surface area contributed by atoms with Gasteiger partial charge < -0.3 is 5.73 Å². The Hall–Kier alpha value is -0.450. The molecule has 16 heavy (non-hydrogen) atoms. The van der Waals surface area contributed by atoms with Crippen molar-refractivity contribution in [3.63, 3.8) is 0 Å². The lowest BCUT2D eigenvalue weighted by atomic mass is 9.87. The summed E-state index contributed by atoms with van der Waals surface area (Å²) in [5.74, 6) is 0. The minimum Gasteiger partial charge on any atom is -0.326 e. The Morgan fingerprint density at radius 2 is 2.12 bits per heavy atom. The number of aromatic nitrogens is 1. The summed E-state index contributed by atoms with van der Waals surface area (Å²) in [6.07, 6.45) is 0.